The van der Waals surface area contributed by atoms with E-state index in [9.17, 15) is 4.39 Å². The SMILES string of the molecule is C=C(CCN(C)CCCC)c1cc(F)ccc1C. The fourth-order valence-electron chi connectivity index (χ4n) is 1.98. The number of nitrogens with zero attached hydrogens (tertiary/aromatic N) is 1. The monoisotopic (exact) mass is 249 g/mol. The van der Waals surface area contributed by atoms with E-state index < -0.39 is 0 Å². The van der Waals surface area contributed by atoms with Gasteiger partial charge in [-0.25, -0.2) is 4.39 Å². The average molecular weight is 249 g/mol. The van der Waals surface area contributed by atoms with Gasteiger partial charge in [-0.15, -0.1) is 0 Å². The molecule has 0 aliphatic rings. The summed E-state index contributed by atoms with van der Waals surface area (Å²) >= 11 is 0. The molecule has 0 bridgehead atoms. The van der Waals surface area contributed by atoms with E-state index in [4.69, 9.17) is 0 Å². The molecule has 0 heterocycles. The third-order valence-corrected chi connectivity index (χ3v) is 3.27. The summed E-state index contributed by atoms with van der Waals surface area (Å²) in [6.07, 6.45) is 3.33. The van der Waals surface area contributed by atoms with Crippen molar-refractivity contribution in [3.63, 3.8) is 0 Å². The van der Waals surface area contributed by atoms with Gasteiger partial charge in [0.15, 0.2) is 0 Å². The Labute approximate surface area is 110 Å². The first-order valence-electron chi connectivity index (χ1n) is 6.67. The van der Waals surface area contributed by atoms with E-state index in [2.05, 4.69) is 25.5 Å². The average Bonchev–Trinajstić information content (AvgIpc) is 2.36. The molecule has 0 unspecified atom stereocenters. The Morgan fingerprint density at radius 3 is 2.72 bits per heavy atom. The van der Waals surface area contributed by atoms with Gasteiger partial charge in [-0.3, -0.25) is 0 Å². The minimum Gasteiger partial charge on any atom is -0.306 e. The summed E-state index contributed by atoms with van der Waals surface area (Å²) in [5.41, 5.74) is 3.08. The summed E-state index contributed by atoms with van der Waals surface area (Å²) < 4.78 is 13.2. The maximum Gasteiger partial charge on any atom is 0.123 e. The molecule has 0 amide bonds. The van der Waals surface area contributed by atoms with Crippen LogP contribution >= 0.6 is 0 Å². The fraction of sp³-hybridized carbons (Fsp3) is 0.500. The van der Waals surface area contributed by atoms with Gasteiger partial charge >= 0.3 is 0 Å². The van der Waals surface area contributed by atoms with Crippen LogP contribution in [0.1, 0.15) is 37.3 Å². The van der Waals surface area contributed by atoms with Gasteiger partial charge in [-0.05, 0) is 62.2 Å². The summed E-state index contributed by atoms with van der Waals surface area (Å²) in [4.78, 5) is 2.31. The van der Waals surface area contributed by atoms with Gasteiger partial charge in [0.25, 0.3) is 0 Å². The van der Waals surface area contributed by atoms with Crippen LogP contribution in [0.4, 0.5) is 4.39 Å². The van der Waals surface area contributed by atoms with Crippen molar-refractivity contribution in [1.82, 2.24) is 4.90 Å². The van der Waals surface area contributed by atoms with E-state index in [0.717, 1.165) is 36.2 Å². The second kappa shape index (κ2) is 7.32. The molecule has 0 aliphatic heterocycles. The molecule has 1 rings (SSSR count). The normalized spacial score (nSPS) is 10.9. The number of benzene rings is 1. The topological polar surface area (TPSA) is 3.24 Å². The molecule has 2 heteroatoms. The Morgan fingerprint density at radius 1 is 1.33 bits per heavy atom. The molecule has 0 saturated carbocycles. The van der Waals surface area contributed by atoms with Crippen molar-refractivity contribution in [3.8, 4) is 0 Å². The molecule has 0 N–H and O–H groups in total. The Balaban J connectivity index is 2.52. The van der Waals surface area contributed by atoms with Gasteiger partial charge < -0.3 is 4.90 Å². The molecule has 100 valence electrons. The number of unbranched alkanes of at least 4 members (excludes halogenated alkanes) is 1. The third kappa shape index (κ3) is 4.61. The Bertz CT molecular complexity index is 398. The first kappa shape index (κ1) is 14.9. The highest BCUT2D eigenvalue weighted by Crippen LogP contribution is 2.21. The number of aryl methyl sites for hydroxylation is 1. The van der Waals surface area contributed by atoms with Gasteiger partial charge in [0.2, 0.25) is 0 Å². The van der Waals surface area contributed by atoms with Crippen molar-refractivity contribution < 1.29 is 4.39 Å². The number of halogens is 1. The van der Waals surface area contributed by atoms with Crippen LogP contribution in [0.5, 0.6) is 0 Å². The van der Waals surface area contributed by atoms with Gasteiger partial charge in [-0.2, -0.15) is 0 Å². The summed E-state index contributed by atoms with van der Waals surface area (Å²) in [5, 5.41) is 0. The molecule has 0 atom stereocenters. The summed E-state index contributed by atoms with van der Waals surface area (Å²) in [6.45, 7) is 10.4. The van der Waals surface area contributed by atoms with E-state index in [1.807, 2.05) is 13.0 Å². The zero-order valence-electron chi connectivity index (χ0n) is 11.8. The predicted octanol–water partition coefficient (Wildman–Crippen LogP) is 4.27. The van der Waals surface area contributed by atoms with Crippen molar-refractivity contribution in [3.05, 3.63) is 41.7 Å². The van der Waals surface area contributed by atoms with Crippen LogP contribution in [-0.4, -0.2) is 25.0 Å². The van der Waals surface area contributed by atoms with Crippen molar-refractivity contribution in [2.45, 2.75) is 33.1 Å². The maximum atomic E-state index is 13.2. The van der Waals surface area contributed by atoms with Crippen molar-refractivity contribution in [1.29, 1.82) is 0 Å². The summed E-state index contributed by atoms with van der Waals surface area (Å²) in [6, 6.07) is 4.90. The molecule has 1 nitrogen and oxygen atoms in total. The van der Waals surface area contributed by atoms with E-state index in [-0.39, 0.29) is 5.82 Å². The number of hydrogen-bond acceptors (Lipinski definition) is 1. The molecule has 0 radical (unpaired) electrons. The zero-order valence-corrected chi connectivity index (χ0v) is 11.8. The minimum absolute atomic E-state index is 0.184. The molecule has 0 aliphatic carbocycles. The van der Waals surface area contributed by atoms with Gasteiger partial charge in [0.05, 0.1) is 0 Å². The van der Waals surface area contributed by atoms with Crippen molar-refractivity contribution >= 4 is 5.57 Å². The highest BCUT2D eigenvalue weighted by atomic mass is 19.1. The summed E-state index contributed by atoms with van der Waals surface area (Å²) in [7, 11) is 2.13. The standard InChI is InChI=1S/C16H24FN/c1-5-6-10-18(4)11-9-14(3)16-12-15(17)8-7-13(16)2/h7-8,12H,3,5-6,9-11H2,1-2,4H3. The first-order chi connectivity index (χ1) is 8.54. The molecule has 18 heavy (non-hydrogen) atoms. The molecule has 0 fully saturated rings. The highest BCUT2D eigenvalue weighted by Gasteiger charge is 2.06. The smallest absolute Gasteiger partial charge is 0.123 e. The lowest BCUT2D eigenvalue weighted by atomic mass is 9.99. The molecule has 0 aromatic heterocycles. The predicted molar refractivity (Wildman–Crippen MR) is 77.2 cm³/mol. The Kier molecular flexibility index (Phi) is 6.06. The molecular weight excluding hydrogens is 225 g/mol. The summed E-state index contributed by atoms with van der Waals surface area (Å²) in [5.74, 6) is -0.184. The van der Waals surface area contributed by atoms with Crippen LogP contribution < -0.4 is 0 Å². The molecule has 1 aromatic carbocycles. The highest BCUT2D eigenvalue weighted by molar-refractivity contribution is 5.66. The number of rotatable bonds is 7. The van der Waals surface area contributed by atoms with Crippen LogP contribution in [0.2, 0.25) is 0 Å². The van der Waals surface area contributed by atoms with Crippen molar-refractivity contribution in [2.24, 2.45) is 0 Å². The largest absolute Gasteiger partial charge is 0.306 e. The Morgan fingerprint density at radius 2 is 2.06 bits per heavy atom. The molecular formula is C16H24FN. The Hall–Kier alpha value is -1.15. The van der Waals surface area contributed by atoms with E-state index in [1.54, 1.807) is 6.07 Å². The molecule has 0 spiro atoms. The maximum absolute atomic E-state index is 13.2. The van der Waals surface area contributed by atoms with Gasteiger partial charge in [-0.1, -0.05) is 26.0 Å². The molecule has 1 aromatic rings. The van der Waals surface area contributed by atoms with E-state index >= 15 is 0 Å². The third-order valence-electron chi connectivity index (χ3n) is 3.27. The van der Waals surface area contributed by atoms with Crippen LogP contribution in [0.3, 0.4) is 0 Å². The fourth-order valence-corrected chi connectivity index (χ4v) is 1.98. The lowest BCUT2D eigenvalue weighted by Crippen LogP contribution is -2.21. The second-order valence-electron chi connectivity index (χ2n) is 4.97. The zero-order chi connectivity index (χ0) is 13.5. The quantitative estimate of drug-likeness (QED) is 0.697. The van der Waals surface area contributed by atoms with Crippen LogP contribution in [0, 0.1) is 12.7 Å². The lowest BCUT2D eigenvalue weighted by molar-refractivity contribution is 0.336. The van der Waals surface area contributed by atoms with Gasteiger partial charge in [0, 0.05) is 6.54 Å². The minimum atomic E-state index is -0.184. The molecule has 0 saturated heterocycles. The second-order valence-corrected chi connectivity index (χ2v) is 4.97. The van der Waals surface area contributed by atoms with Crippen LogP contribution in [0.15, 0.2) is 24.8 Å². The van der Waals surface area contributed by atoms with Gasteiger partial charge in [0.1, 0.15) is 5.82 Å². The van der Waals surface area contributed by atoms with Crippen molar-refractivity contribution in [2.75, 3.05) is 20.1 Å². The van der Waals surface area contributed by atoms with Crippen LogP contribution in [0.25, 0.3) is 5.57 Å². The van der Waals surface area contributed by atoms with Crippen LogP contribution in [-0.2, 0) is 0 Å². The lowest BCUT2D eigenvalue weighted by Gasteiger charge is -2.17. The first-order valence-corrected chi connectivity index (χ1v) is 6.67. The van der Waals surface area contributed by atoms with E-state index in [1.165, 1.54) is 18.9 Å². The number of hydrogen-bond donors (Lipinski definition) is 0. The van der Waals surface area contributed by atoms with E-state index in [0.29, 0.717) is 0 Å².